The predicted octanol–water partition coefficient (Wildman–Crippen LogP) is 0.852. The number of urea groups is 1. The van der Waals surface area contributed by atoms with Crippen LogP contribution in [0.1, 0.15) is 46.2 Å². The molecule has 3 atom stereocenters. The number of carbonyl (C=O) groups excluding carboxylic acids is 2. The van der Waals surface area contributed by atoms with Crippen molar-refractivity contribution in [3.8, 4) is 0 Å². The number of aliphatic hydroxyl groups is 1. The van der Waals surface area contributed by atoms with E-state index in [1.807, 2.05) is 33.9 Å². The van der Waals surface area contributed by atoms with E-state index in [-0.39, 0.29) is 49.3 Å². The Hall–Kier alpha value is -2.20. The standard InChI is InChI=1S/C20H36N6O4/c1-14(2)21-20(29)24(5)11-18-15(3)9-26(16(4)12-27)19(28)7-6-8-25-10-17(13-30-18)22-23-25/h10,14-16,18,27H,6-9,11-13H2,1-5H3,(H,21,29)/t15-,16-,18-/m0/s1. The minimum absolute atomic E-state index is 0.00681. The van der Waals surface area contributed by atoms with Gasteiger partial charge in [-0.2, -0.15) is 0 Å². The fourth-order valence-electron chi connectivity index (χ4n) is 3.40. The Labute approximate surface area is 178 Å². The van der Waals surface area contributed by atoms with Gasteiger partial charge in [-0.05, 0) is 27.2 Å². The van der Waals surface area contributed by atoms with E-state index >= 15 is 0 Å². The molecule has 1 aromatic heterocycles. The van der Waals surface area contributed by atoms with Crippen LogP contribution in [0.25, 0.3) is 0 Å². The lowest BCUT2D eigenvalue weighted by molar-refractivity contribution is -0.136. The van der Waals surface area contributed by atoms with Crippen LogP contribution in [0.2, 0.25) is 0 Å². The van der Waals surface area contributed by atoms with Crippen molar-refractivity contribution in [2.45, 2.75) is 71.9 Å². The molecule has 10 heteroatoms. The summed E-state index contributed by atoms with van der Waals surface area (Å²) in [6.07, 6.45) is 2.52. The first-order valence-corrected chi connectivity index (χ1v) is 10.6. The van der Waals surface area contributed by atoms with Gasteiger partial charge in [0.05, 0.1) is 31.6 Å². The number of hydrogen-bond acceptors (Lipinski definition) is 6. The van der Waals surface area contributed by atoms with Crippen molar-refractivity contribution < 1.29 is 19.4 Å². The molecule has 2 bridgehead atoms. The molecule has 0 fully saturated rings. The van der Waals surface area contributed by atoms with Crippen LogP contribution in [0.4, 0.5) is 4.79 Å². The molecular weight excluding hydrogens is 388 g/mol. The summed E-state index contributed by atoms with van der Waals surface area (Å²) in [5.74, 6) is -0.0688. The number of aryl methyl sites for hydroxylation is 1. The van der Waals surface area contributed by atoms with E-state index in [4.69, 9.17) is 4.74 Å². The zero-order valence-electron chi connectivity index (χ0n) is 18.7. The molecule has 0 saturated carbocycles. The summed E-state index contributed by atoms with van der Waals surface area (Å²) in [5, 5.41) is 20.8. The highest BCUT2D eigenvalue weighted by molar-refractivity contribution is 5.76. The topological polar surface area (TPSA) is 113 Å². The fourth-order valence-corrected chi connectivity index (χ4v) is 3.40. The van der Waals surface area contributed by atoms with Crippen LogP contribution < -0.4 is 5.32 Å². The van der Waals surface area contributed by atoms with Crippen LogP contribution in [0.15, 0.2) is 6.20 Å². The van der Waals surface area contributed by atoms with Crippen LogP contribution in [-0.2, 0) is 22.7 Å². The first-order valence-electron chi connectivity index (χ1n) is 10.6. The van der Waals surface area contributed by atoms with Crippen molar-refractivity contribution in [1.29, 1.82) is 0 Å². The van der Waals surface area contributed by atoms with E-state index in [2.05, 4.69) is 15.6 Å². The molecule has 2 rings (SSSR count). The largest absolute Gasteiger partial charge is 0.394 e. The lowest BCUT2D eigenvalue weighted by Crippen LogP contribution is -2.49. The maximum atomic E-state index is 12.8. The Morgan fingerprint density at radius 2 is 2.17 bits per heavy atom. The number of hydrogen-bond donors (Lipinski definition) is 2. The number of aliphatic hydroxyl groups excluding tert-OH is 1. The Kier molecular flexibility index (Phi) is 9.04. The molecule has 1 aromatic rings. The summed E-state index contributed by atoms with van der Waals surface area (Å²) in [7, 11) is 1.73. The second-order valence-corrected chi connectivity index (χ2v) is 8.47. The number of fused-ring (bicyclic) bond motifs is 2. The van der Waals surface area contributed by atoms with Crippen LogP contribution in [0.5, 0.6) is 0 Å². The molecule has 10 nitrogen and oxygen atoms in total. The first-order chi connectivity index (χ1) is 14.2. The lowest BCUT2D eigenvalue weighted by Gasteiger charge is -2.35. The first kappa shape index (κ1) is 24.1. The van der Waals surface area contributed by atoms with Crippen molar-refractivity contribution in [3.05, 3.63) is 11.9 Å². The molecule has 30 heavy (non-hydrogen) atoms. The van der Waals surface area contributed by atoms with Crippen molar-refractivity contribution in [2.24, 2.45) is 5.92 Å². The molecule has 0 unspecified atom stereocenters. The lowest BCUT2D eigenvalue weighted by atomic mass is 10.0. The molecule has 1 aliphatic rings. The van der Waals surface area contributed by atoms with Gasteiger partial charge in [0, 0.05) is 45.1 Å². The highest BCUT2D eigenvalue weighted by Crippen LogP contribution is 2.17. The molecule has 0 aliphatic carbocycles. The Balaban J connectivity index is 2.21. The summed E-state index contributed by atoms with van der Waals surface area (Å²) >= 11 is 0. The Morgan fingerprint density at radius 1 is 1.43 bits per heavy atom. The number of ether oxygens (including phenoxy) is 1. The van der Waals surface area contributed by atoms with E-state index in [0.717, 1.165) is 0 Å². The third-order valence-corrected chi connectivity index (χ3v) is 5.26. The van der Waals surface area contributed by atoms with Gasteiger partial charge in [-0.15, -0.1) is 5.10 Å². The van der Waals surface area contributed by atoms with Gasteiger partial charge in [-0.25, -0.2) is 4.79 Å². The summed E-state index contributed by atoms with van der Waals surface area (Å²) in [6, 6.07) is -0.427. The number of nitrogens with one attached hydrogen (secondary N) is 1. The molecule has 0 aromatic carbocycles. The second-order valence-electron chi connectivity index (χ2n) is 8.47. The number of nitrogens with zero attached hydrogens (tertiary/aromatic N) is 5. The molecule has 2 N–H and O–H groups in total. The van der Waals surface area contributed by atoms with E-state index in [1.165, 1.54) is 0 Å². The SMILES string of the molecule is CC(C)NC(=O)N(C)C[C@@H]1OCc2cn(nn2)CCCC(=O)N([C@@H](C)CO)C[C@@H]1C. The van der Waals surface area contributed by atoms with Gasteiger partial charge < -0.3 is 25.0 Å². The zero-order chi connectivity index (χ0) is 22.3. The van der Waals surface area contributed by atoms with Crippen LogP contribution in [0, 0.1) is 5.92 Å². The second kappa shape index (κ2) is 11.3. The van der Waals surface area contributed by atoms with Crippen molar-refractivity contribution in [3.63, 3.8) is 0 Å². The number of rotatable bonds is 5. The third-order valence-electron chi connectivity index (χ3n) is 5.26. The third kappa shape index (κ3) is 6.94. The van der Waals surface area contributed by atoms with E-state index in [1.54, 1.807) is 21.5 Å². The van der Waals surface area contributed by atoms with Crippen LogP contribution in [0.3, 0.4) is 0 Å². The molecule has 0 radical (unpaired) electrons. The van der Waals surface area contributed by atoms with Crippen LogP contribution in [-0.4, -0.2) is 86.8 Å². The van der Waals surface area contributed by atoms with E-state index in [9.17, 15) is 14.7 Å². The molecule has 0 saturated heterocycles. The number of amides is 3. The molecule has 3 amide bonds. The van der Waals surface area contributed by atoms with Gasteiger partial charge in [0.25, 0.3) is 0 Å². The van der Waals surface area contributed by atoms with Crippen molar-refractivity contribution in [2.75, 3.05) is 26.7 Å². The highest BCUT2D eigenvalue weighted by Gasteiger charge is 2.28. The maximum Gasteiger partial charge on any atom is 0.317 e. The molecule has 2 heterocycles. The average Bonchev–Trinajstić information content (AvgIpc) is 3.14. The number of likely N-dealkylation sites (N-methyl/N-ethyl adjacent to an activating group) is 1. The van der Waals surface area contributed by atoms with E-state index in [0.29, 0.717) is 38.2 Å². The van der Waals surface area contributed by atoms with Crippen molar-refractivity contribution >= 4 is 11.9 Å². The van der Waals surface area contributed by atoms with E-state index < -0.39 is 0 Å². The maximum absolute atomic E-state index is 12.8. The summed E-state index contributed by atoms with van der Waals surface area (Å²) in [6.45, 7) is 9.23. The predicted molar refractivity (Wildman–Crippen MR) is 112 cm³/mol. The highest BCUT2D eigenvalue weighted by atomic mass is 16.5. The summed E-state index contributed by atoms with van der Waals surface area (Å²) < 4.78 is 7.86. The molecule has 1 aliphatic heterocycles. The van der Waals surface area contributed by atoms with Gasteiger partial charge in [0.2, 0.25) is 5.91 Å². The van der Waals surface area contributed by atoms with Gasteiger partial charge in [0.1, 0.15) is 5.69 Å². The number of carbonyl (C=O) groups is 2. The minimum atomic E-state index is -0.319. The van der Waals surface area contributed by atoms with Gasteiger partial charge in [-0.3, -0.25) is 9.48 Å². The van der Waals surface area contributed by atoms with Crippen molar-refractivity contribution in [1.82, 2.24) is 30.1 Å². The minimum Gasteiger partial charge on any atom is -0.394 e. The summed E-state index contributed by atoms with van der Waals surface area (Å²) in [5.41, 5.74) is 0.715. The zero-order valence-corrected chi connectivity index (χ0v) is 18.7. The quantitative estimate of drug-likeness (QED) is 0.725. The van der Waals surface area contributed by atoms with Gasteiger partial charge >= 0.3 is 6.03 Å². The number of aromatic nitrogens is 3. The van der Waals surface area contributed by atoms with Gasteiger partial charge in [0.15, 0.2) is 0 Å². The smallest absolute Gasteiger partial charge is 0.317 e. The Morgan fingerprint density at radius 3 is 2.83 bits per heavy atom. The fraction of sp³-hybridized carbons (Fsp3) is 0.800. The van der Waals surface area contributed by atoms with Gasteiger partial charge in [-0.1, -0.05) is 12.1 Å². The normalized spacial score (nSPS) is 22.1. The average molecular weight is 425 g/mol. The molecular formula is C20H36N6O4. The Bertz CT molecular complexity index is 695. The monoisotopic (exact) mass is 424 g/mol. The van der Waals surface area contributed by atoms with Crippen LogP contribution >= 0.6 is 0 Å². The molecule has 0 spiro atoms. The molecule has 170 valence electrons. The summed E-state index contributed by atoms with van der Waals surface area (Å²) in [4.78, 5) is 28.5.